The Morgan fingerprint density at radius 2 is 2.15 bits per heavy atom. The summed E-state index contributed by atoms with van der Waals surface area (Å²) in [6.45, 7) is 0.411. The third-order valence-electron chi connectivity index (χ3n) is 3.34. The Morgan fingerprint density at radius 3 is 2.75 bits per heavy atom. The summed E-state index contributed by atoms with van der Waals surface area (Å²) < 4.78 is 0. The number of amides is 2. The molecule has 0 aliphatic carbocycles. The van der Waals surface area contributed by atoms with Crippen LogP contribution in [0.25, 0.3) is 0 Å². The van der Waals surface area contributed by atoms with Gasteiger partial charge in [0.1, 0.15) is 5.75 Å². The highest BCUT2D eigenvalue weighted by atomic mass is 16.3. The second-order valence-corrected chi connectivity index (χ2v) is 5.03. The number of hydrogen-bond acceptors (Lipinski definition) is 4. The molecule has 0 aromatic heterocycles. The van der Waals surface area contributed by atoms with Crippen molar-refractivity contribution < 1.29 is 14.7 Å². The van der Waals surface area contributed by atoms with Gasteiger partial charge in [-0.25, -0.2) is 0 Å². The highest BCUT2D eigenvalue weighted by molar-refractivity contribution is 5.82. The molecule has 0 saturated carbocycles. The SMILES string of the molecule is N[C@@H](Cc1ccc(O)cc1)C(=O)NCC1CCC(=O)N1. The van der Waals surface area contributed by atoms with Crippen molar-refractivity contribution in [2.45, 2.75) is 31.3 Å². The topological polar surface area (TPSA) is 104 Å². The van der Waals surface area contributed by atoms with E-state index in [-0.39, 0.29) is 23.6 Å². The molecule has 1 unspecified atom stereocenters. The van der Waals surface area contributed by atoms with Gasteiger partial charge in [-0.3, -0.25) is 9.59 Å². The number of rotatable bonds is 5. The molecular weight excluding hydrogens is 258 g/mol. The van der Waals surface area contributed by atoms with Crippen LogP contribution in [0.5, 0.6) is 5.75 Å². The van der Waals surface area contributed by atoms with Gasteiger partial charge in [-0.1, -0.05) is 12.1 Å². The standard InChI is InChI=1S/C14H19N3O3/c15-12(7-9-1-4-11(18)5-2-9)14(20)16-8-10-3-6-13(19)17-10/h1-2,4-5,10,12,18H,3,6-8,15H2,(H,16,20)(H,17,19)/t10?,12-/m0/s1. The summed E-state index contributed by atoms with van der Waals surface area (Å²) in [6.07, 6.45) is 1.66. The van der Waals surface area contributed by atoms with Crippen molar-refractivity contribution in [2.75, 3.05) is 6.54 Å². The number of carbonyl (C=O) groups excluding carboxylic acids is 2. The van der Waals surface area contributed by atoms with Crippen molar-refractivity contribution in [3.05, 3.63) is 29.8 Å². The first-order valence-corrected chi connectivity index (χ1v) is 6.65. The number of nitrogens with one attached hydrogen (secondary N) is 2. The Balaban J connectivity index is 1.77. The Morgan fingerprint density at radius 1 is 1.45 bits per heavy atom. The van der Waals surface area contributed by atoms with Crippen LogP contribution in [0.1, 0.15) is 18.4 Å². The van der Waals surface area contributed by atoms with Gasteiger partial charge in [0.05, 0.1) is 6.04 Å². The molecule has 1 aromatic carbocycles. The van der Waals surface area contributed by atoms with Crippen LogP contribution in [0.15, 0.2) is 24.3 Å². The fourth-order valence-electron chi connectivity index (χ4n) is 2.16. The lowest BCUT2D eigenvalue weighted by molar-refractivity contribution is -0.123. The molecule has 6 heteroatoms. The van der Waals surface area contributed by atoms with E-state index in [0.29, 0.717) is 19.4 Å². The van der Waals surface area contributed by atoms with E-state index in [9.17, 15) is 14.7 Å². The van der Waals surface area contributed by atoms with Crippen LogP contribution in [-0.4, -0.2) is 35.5 Å². The number of phenolic OH excluding ortho intramolecular Hbond substituents is 1. The molecule has 0 spiro atoms. The normalized spacial score (nSPS) is 19.4. The molecule has 1 aromatic rings. The summed E-state index contributed by atoms with van der Waals surface area (Å²) in [5.74, 6) is -0.0272. The molecular formula is C14H19N3O3. The molecule has 20 heavy (non-hydrogen) atoms. The first-order chi connectivity index (χ1) is 9.54. The Labute approximate surface area is 117 Å². The number of carbonyl (C=O) groups is 2. The van der Waals surface area contributed by atoms with Crippen LogP contribution in [-0.2, 0) is 16.0 Å². The molecule has 2 atom stereocenters. The first-order valence-electron chi connectivity index (χ1n) is 6.65. The minimum atomic E-state index is -0.642. The number of aromatic hydroxyl groups is 1. The zero-order valence-corrected chi connectivity index (χ0v) is 11.1. The van der Waals surface area contributed by atoms with Gasteiger partial charge < -0.3 is 21.5 Å². The number of nitrogens with two attached hydrogens (primary N) is 1. The number of benzene rings is 1. The van der Waals surface area contributed by atoms with E-state index < -0.39 is 6.04 Å². The Kier molecular flexibility index (Phi) is 4.57. The van der Waals surface area contributed by atoms with E-state index in [0.717, 1.165) is 12.0 Å². The van der Waals surface area contributed by atoms with Crippen molar-refractivity contribution >= 4 is 11.8 Å². The van der Waals surface area contributed by atoms with Crippen molar-refractivity contribution in [2.24, 2.45) is 5.73 Å². The number of phenols is 1. The van der Waals surface area contributed by atoms with E-state index in [4.69, 9.17) is 5.73 Å². The zero-order chi connectivity index (χ0) is 14.5. The van der Waals surface area contributed by atoms with Crippen molar-refractivity contribution in [3.63, 3.8) is 0 Å². The molecule has 6 nitrogen and oxygen atoms in total. The van der Waals surface area contributed by atoms with E-state index in [1.807, 2.05) is 0 Å². The van der Waals surface area contributed by atoms with Crippen LogP contribution >= 0.6 is 0 Å². The molecule has 1 saturated heterocycles. The summed E-state index contributed by atoms with van der Waals surface area (Å²) in [4.78, 5) is 22.9. The van der Waals surface area contributed by atoms with Gasteiger partial charge in [-0.15, -0.1) is 0 Å². The maximum atomic E-state index is 11.9. The quantitative estimate of drug-likeness (QED) is 0.591. The Bertz CT molecular complexity index is 487. The molecule has 2 rings (SSSR count). The lowest BCUT2D eigenvalue weighted by Gasteiger charge is -2.15. The molecule has 0 bridgehead atoms. The predicted molar refractivity (Wildman–Crippen MR) is 74.0 cm³/mol. The van der Waals surface area contributed by atoms with Gasteiger partial charge in [0.2, 0.25) is 11.8 Å². The summed E-state index contributed by atoms with van der Waals surface area (Å²) in [6, 6.07) is 5.96. The molecule has 1 aliphatic rings. The Hall–Kier alpha value is -2.08. The van der Waals surface area contributed by atoms with Crippen molar-refractivity contribution in [1.29, 1.82) is 0 Å². The third-order valence-corrected chi connectivity index (χ3v) is 3.34. The minimum absolute atomic E-state index is 0.00678. The average Bonchev–Trinajstić information content (AvgIpc) is 2.84. The van der Waals surface area contributed by atoms with E-state index >= 15 is 0 Å². The van der Waals surface area contributed by atoms with Gasteiger partial charge in [-0.2, -0.15) is 0 Å². The van der Waals surface area contributed by atoms with Crippen LogP contribution in [0.4, 0.5) is 0 Å². The van der Waals surface area contributed by atoms with Gasteiger partial charge >= 0.3 is 0 Å². The fourth-order valence-corrected chi connectivity index (χ4v) is 2.16. The third kappa shape index (κ3) is 3.96. The minimum Gasteiger partial charge on any atom is -0.508 e. The van der Waals surface area contributed by atoms with Gasteiger partial charge in [-0.05, 0) is 30.5 Å². The van der Waals surface area contributed by atoms with Crippen LogP contribution in [0.3, 0.4) is 0 Å². The predicted octanol–water partition coefficient (Wildman–Crippen LogP) is -0.343. The summed E-state index contributed by atoms with van der Waals surface area (Å²) in [5.41, 5.74) is 6.73. The van der Waals surface area contributed by atoms with E-state index in [1.54, 1.807) is 24.3 Å². The van der Waals surface area contributed by atoms with E-state index in [1.165, 1.54) is 0 Å². The van der Waals surface area contributed by atoms with E-state index in [2.05, 4.69) is 10.6 Å². The maximum absolute atomic E-state index is 11.9. The lowest BCUT2D eigenvalue weighted by Crippen LogP contribution is -2.46. The highest BCUT2D eigenvalue weighted by Gasteiger charge is 2.22. The largest absolute Gasteiger partial charge is 0.508 e. The molecule has 0 radical (unpaired) electrons. The van der Waals surface area contributed by atoms with Crippen LogP contribution in [0, 0.1) is 0 Å². The lowest BCUT2D eigenvalue weighted by atomic mass is 10.1. The smallest absolute Gasteiger partial charge is 0.237 e. The zero-order valence-electron chi connectivity index (χ0n) is 11.1. The second kappa shape index (κ2) is 6.38. The fraction of sp³-hybridized carbons (Fsp3) is 0.429. The molecule has 1 heterocycles. The van der Waals surface area contributed by atoms with Crippen LogP contribution < -0.4 is 16.4 Å². The highest BCUT2D eigenvalue weighted by Crippen LogP contribution is 2.11. The monoisotopic (exact) mass is 277 g/mol. The first kappa shape index (κ1) is 14.3. The molecule has 1 aliphatic heterocycles. The van der Waals surface area contributed by atoms with Gasteiger partial charge in [0.15, 0.2) is 0 Å². The maximum Gasteiger partial charge on any atom is 0.237 e. The second-order valence-electron chi connectivity index (χ2n) is 5.03. The molecule has 108 valence electrons. The summed E-state index contributed by atoms with van der Waals surface area (Å²) in [5, 5.41) is 14.7. The van der Waals surface area contributed by atoms with Gasteiger partial charge in [0, 0.05) is 19.0 Å². The van der Waals surface area contributed by atoms with Crippen LogP contribution in [0.2, 0.25) is 0 Å². The molecule has 1 fully saturated rings. The number of hydrogen-bond donors (Lipinski definition) is 4. The van der Waals surface area contributed by atoms with Gasteiger partial charge in [0.25, 0.3) is 0 Å². The van der Waals surface area contributed by atoms with Crippen molar-refractivity contribution in [1.82, 2.24) is 10.6 Å². The summed E-state index contributed by atoms with van der Waals surface area (Å²) in [7, 11) is 0. The average molecular weight is 277 g/mol. The van der Waals surface area contributed by atoms with Crippen molar-refractivity contribution in [3.8, 4) is 5.75 Å². The molecule has 2 amide bonds. The summed E-state index contributed by atoms with van der Waals surface area (Å²) >= 11 is 0. The molecule has 5 N–H and O–H groups in total.